The fraction of sp³-hybridized carbons (Fsp3) is 0.154. The summed E-state index contributed by atoms with van der Waals surface area (Å²) in [4.78, 5) is 19.2. The summed E-state index contributed by atoms with van der Waals surface area (Å²) in [7, 11) is 1.37. The summed E-state index contributed by atoms with van der Waals surface area (Å²) in [5.74, 6) is -0.689. The van der Waals surface area contributed by atoms with Gasteiger partial charge in [0, 0.05) is 28.2 Å². The number of hydrogen-bond acceptors (Lipinski definition) is 4. The van der Waals surface area contributed by atoms with Crippen LogP contribution < -0.4 is 4.90 Å². The first-order chi connectivity index (χ1) is 15.5. The average Bonchev–Trinajstić information content (AvgIpc) is 2.82. The molecular formula is C26H20ClFN2O2. The number of nitrogens with zero attached hydrogens (tertiary/aromatic N) is 2. The molecule has 0 radical (unpaired) electrons. The second-order valence-electron chi connectivity index (χ2n) is 7.79. The minimum Gasteiger partial charge on any atom is -0.465 e. The summed E-state index contributed by atoms with van der Waals surface area (Å²) in [5.41, 5.74) is 5.96. The fourth-order valence-electron chi connectivity index (χ4n) is 4.26. The number of ether oxygens (including phenoxy) is 1. The largest absolute Gasteiger partial charge is 0.465 e. The zero-order valence-corrected chi connectivity index (χ0v) is 18.2. The Morgan fingerprint density at radius 2 is 1.84 bits per heavy atom. The van der Waals surface area contributed by atoms with E-state index in [1.165, 1.54) is 24.8 Å². The summed E-state index contributed by atoms with van der Waals surface area (Å²) < 4.78 is 18.4. The van der Waals surface area contributed by atoms with E-state index < -0.39 is 5.97 Å². The molecule has 4 aromatic rings. The number of aryl methyl sites for hydroxylation is 1. The number of fused-ring (bicyclic) bond motifs is 2. The molecule has 6 heteroatoms. The van der Waals surface area contributed by atoms with Crippen LogP contribution in [0.2, 0.25) is 5.02 Å². The van der Waals surface area contributed by atoms with Crippen LogP contribution in [-0.2, 0) is 11.2 Å². The number of carbonyl (C=O) groups is 1. The predicted molar refractivity (Wildman–Crippen MR) is 125 cm³/mol. The third-order valence-electron chi connectivity index (χ3n) is 5.80. The maximum Gasteiger partial charge on any atom is 0.337 e. The highest BCUT2D eigenvalue weighted by molar-refractivity contribution is 6.30. The Labute approximate surface area is 190 Å². The Morgan fingerprint density at radius 3 is 2.62 bits per heavy atom. The van der Waals surface area contributed by atoms with E-state index in [4.69, 9.17) is 21.3 Å². The SMILES string of the molecule is COC(=O)c1ccc2nc(-c3ccc(F)cc3)cc(N3CCCc4cc(Cl)ccc43)c2c1. The van der Waals surface area contributed by atoms with E-state index in [2.05, 4.69) is 4.90 Å². The molecule has 0 amide bonds. The second kappa shape index (κ2) is 8.24. The van der Waals surface area contributed by atoms with Crippen molar-refractivity contribution in [3.8, 4) is 11.3 Å². The van der Waals surface area contributed by atoms with Gasteiger partial charge in [-0.3, -0.25) is 0 Å². The topological polar surface area (TPSA) is 42.4 Å². The monoisotopic (exact) mass is 446 g/mol. The van der Waals surface area contributed by atoms with Crippen molar-refractivity contribution in [2.45, 2.75) is 12.8 Å². The van der Waals surface area contributed by atoms with Crippen molar-refractivity contribution in [3.05, 3.63) is 88.7 Å². The lowest BCUT2D eigenvalue weighted by Gasteiger charge is -2.32. The van der Waals surface area contributed by atoms with Gasteiger partial charge >= 0.3 is 5.97 Å². The first-order valence-electron chi connectivity index (χ1n) is 10.4. The summed E-state index contributed by atoms with van der Waals surface area (Å²) in [6.45, 7) is 0.819. The smallest absolute Gasteiger partial charge is 0.337 e. The molecule has 0 atom stereocenters. The molecular weight excluding hydrogens is 427 g/mol. The lowest BCUT2D eigenvalue weighted by atomic mass is 9.99. The maximum absolute atomic E-state index is 13.5. The first-order valence-corrected chi connectivity index (χ1v) is 10.8. The van der Waals surface area contributed by atoms with Crippen LogP contribution in [-0.4, -0.2) is 24.6 Å². The van der Waals surface area contributed by atoms with Gasteiger partial charge in [-0.15, -0.1) is 0 Å². The van der Waals surface area contributed by atoms with Crippen LogP contribution in [0.25, 0.3) is 22.2 Å². The van der Waals surface area contributed by atoms with Gasteiger partial charge in [-0.25, -0.2) is 14.2 Å². The van der Waals surface area contributed by atoms with Crippen molar-refractivity contribution in [1.29, 1.82) is 0 Å². The lowest BCUT2D eigenvalue weighted by molar-refractivity contribution is 0.0601. The van der Waals surface area contributed by atoms with Gasteiger partial charge in [0.2, 0.25) is 0 Å². The molecule has 32 heavy (non-hydrogen) atoms. The average molecular weight is 447 g/mol. The quantitative estimate of drug-likeness (QED) is 0.334. The number of benzene rings is 3. The Morgan fingerprint density at radius 1 is 1.03 bits per heavy atom. The van der Waals surface area contributed by atoms with Gasteiger partial charge in [0.05, 0.1) is 29.6 Å². The van der Waals surface area contributed by atoms with E-state index in [1.807, 2.05) is 36.4 Å². The third kappa shape index (κ3) is 3.69. The van der Waals surface area contributed by atoms with Crippen molar-refractivity contribution in [2.75, 3.05) is 18.6 Å². The number of rotatable bonds is 3. The van der Waals surface area contributed by atoms with E-state index in [-0.39, 0.29) is 5.82 Å². The molecule has 0 aliphatic carbocycles. The zero-order valence-electron chi connectivity index (χ0n) is 17.4. The number of pyridine rings is 1. The molecule has 0 spiro atoms. The van der Waals surface area contributed by atoms with E-state index in [0.29, 0.717) is 10.6 Å². The molecule has 0 bridgehead atoms. The molecule has 1 aliphatic rings. The highest BCUT2D eigenvalue weighted by Crippen LogP contribution is 2.40. The molecule has 5 rings (SSSR count). The Hall–Kier alpha value is -3.44. The standard InChI is InChI=1S/C26H20ClFN2O2/c1-32-26(31)18-6-10-22-21(14-18)25(15-23(29-22)16-4-8-20(28)9-5-16)30-12-2-3-17-13-19(27)7-11-24(17)30/h4-11,13-15H,2-3,12H2,1H3. The Bertz CT molecular complexity index is 1340. The first kappa shape index (κ1) is 20.5. The number of aromatic nitrogens is 1. The third-order valence-corrected chi connectivity index (χ3v) is 6.03. The van der Waals surface area contributed by atoms with Gasteiger partial charge in [-0.05, 0) is 85.1 Å². The van der Waals surface area contributed by atoms with Crippen LogP contribution in [0.1, 0.15) is 22.3 Å². The Balaban J connectivity index is 1.75. The number of halogens is 2. The number of hydrogen-bond donors (Lipinski definition) is 0. The summed E-state index contributed by atoms with van der Waals surface area (Å²) >= 11 is 6.24. The molecule has 3 aromatic carbocycles. The van der Waals surface area contributed by atoms with Crippen LogP contribution in [0.3, 0.4) is 0 Å². The van der Waals surface area contributed by atoms with Crippen LogP contribution in [0, 0.1) is 5.82 Å². The van der Waals surface area contributed by atoms with E-state index in [9.17, 15) is 9.18 Å². The highest BCUT2D eigenvalue weighted by Gasteiger charge is 2.22. The van der Waals surface area contributed by atoms with Crippen molar-refractivity contribution in [3.63, 3.8) is 0 Å². The van der Waals surface area contributed by atoms with Crippen LogP contribution in [0.4, 0.5) is 15.8 Å². The molecule has 0 saturated carbocycles. The molecule has 0 unspecified atom stereocenters. The number of anilines is 2. The van der Waals surface area contributed by atoms with Crippen molar-refractivity contribution >= 4 is 39.8 Å². The van der Waals surface area contributed by atoms with Gasteiger partial charge in [-0.1, -0.05) is 11.6 Å². The van der Waals surface area contributed by atoms with Gasteiger partial charge in [0.25, 0.3) is 0 Å². The molecule has 1 aromatic heterocycles. The number of methoxy groups -OCH3 is 1. The number of esters is 1. The fourth-order valence-corrected chi connectivity index (χ4v) is 4.46. The molecule has 0 fully saturated rings. The maximum atomic E-state index is 13.5. The highest BCUT2D eigenvalue weighted by atomic mass is 35.5. The molecule has 4 nitrogen and oxygen atoms in total. The van der Waals surface area contributed by atoms with Gasteiger partial charge in [0.1, 0.15) is 5.82 Å². The molecule has 2 heterocycles. The molecule has 0 N–H and O–H groups in total. The lowest BCUT2D eigenvalue weighted by Crippen LogP contribution is -2.25. The van der Waals surface area contributed by atoms with Crippen molar-refractivity contribution in [2.24, 2.45) is 0 Å². The minimum atomic E-state index is -0.397. The van der Waals surface area contributed by atoms with Gasteiger partial charge in [-0.2, -0.15) is 0 Å². The molecule has 160 valence electrons. The number of carbonyl (C=O) groups excluding carboxylic acids is 1. The molecule has 1 aliphatic heterocycles. The van der Waals surface area contributed by atoms with Crippen molar-refractivity contribution < 1.29 is 13.9 Å². The molecule has 0 saturated heterocycles. The van der Waals surface area contributed by atoms with Gasteiger partial charge in [0.15, 0.2) is 0 Å². The van der Waals surface area contributed by atoms with Crippen LogP contribution >= 0.6 is 11.6 Å². The van der Waals surface area contributed by atoms with Gasteiger partial charge < -0.3 is 9.64 Å². The van der Waals surface area contributed by atoms with Crippen LogP contribution in [0.5, 0.6) is 0 Å². The summed E-state index contributed by atoms with van der Waals surface area (Å²) in [6, 6.07) is 19.6. The van der Waals surface area contributed by atoms with Crippen molar-refractivity contribution in [1.82, 2.24) is 4.98 Å². The summed E-state index contributed by atoms with van der Waals surface area (Å²) in [5, 5.41) is 1.56. The van der Waals surface area contributed by atoms with E-state index >= 15 is 0 Å². The van der Waals surface area contributed by atoms with E-state index in [1.54, 1.807) is 18.2 Å². The minimum absolute atomic E-state index is 0.292. The predicted octanol–water partition coefficient (Wildman–Crippen LogP) is 6.57. The zero-order chi connectivity index (χ0) is 22.2. The van der Waals surface area contributed by atoms with E-state index in [0.717, 1.165) is 52.9 Å². The normalized spacial score (nSPS) is 13.2. The van der Waals surface area contributed by atoms with Crippen LogP contribution in [0.15, 0.2) is 66.7 Å². The second-order valence-corrected chi connectivity index (χ2v) is 8.22. The Kier molecular flexibility index (Phi) is 5.27. The summed E-state index contributed by atoms with van der Waals surface area (Å²) in [6.07, 6.45) is 1.92.